The molecule has 1 heterocycles. The van der Waals surface area contributed by atoms with Crippen LogP contribution in [0, 0.1) is 5.82 Å². The average molecular weight is 401 g/mol. The van der Waals surface area contributed by atoms with Crippen molar-refractivity contribution in [3.05, 3.63) is 56.2 Å². The smallest absolute Gasteiger partial charge is 0.127 e. The lowest BCUT2D eigenvalue weighted by molar-refractivity contribution is 0.354. The molecule has 2 aromatic rings. The van der Waals surface area contributed by atoms with Crippen molar-refractivity contribution in [3.8, 4) is 5.75 Å². The molecule has 1 aliphatic rings. The zero-order chi connectivity index (χ0) is 14.1. The number of anilines is 1. The van der Waals surface area contributed by atoms with Gasteiger partial charge in [0, 0.05) is 27.5 Å². The minimum atomic E-state index is -0.258. The van der Waals surface area contributed by atoms with Gasteiger partial charge in [-0.2, -0.15) is 0 Å². The number of rotatable bonds is 3. The van der Waals surface area contributed by atoms with Gasteiger partial charge in [0.05, 0.1) is 12.3 Å². The molecule has 20 heavy (non-hydrogen) atoms. The van der Waals surface area contributed by atoms with Crippen molar-refractivity contribution >= 4 is 37.5 Å². The second kappa shape index (κ2) is 5.74. The van der Waals surface area contributed by atoms with Gasteiger partial charge in [0.25, 0.3) is 0 Å². The van der Waals surface area contributed by atoms with Gasteiger partial charge in [0.1, 0.15) is 11.6 Å². The maximum Gasteiger partial charge on any atom is 0.127 e. The highest BCUT2D eigenvalue weighted by molar-refractivity contribution is 9.10. The summed E-state index contributed by atoms with van der Waals surface area (Å²) in [5.74, 6) is 0.694. The van der Waals surface area contributed by atoms with Gasteiger partial charge in [-0.3, -0.25) is 0 Å². The first kappa shape index (κ1) is 13.9. The molecule has 1 N–H and O–H groups in total. The summed E-state index contributed by atoms with van der Waals surface area (Å²) >= 11 is 6.93. The highest BCUT2D eigenvalue weighted by atomic mass is 79.9. The van der Waals surface area contributed by atoms with Crippen molar-refractivity contribution in [2.45, 2.75) is 13.0 Å². The fraction of sp³-hybridized carbons (Fsp3) is 0.200. The van der Waals surface area contributed by atoms with Crippen LogP contribution in [0.15, 0.2) is 39.3 Å². The van der Waals surface area contributed by atoms with E-state index in [1.54, 1.807) is 6.07 Å². The fourth-order valence-electron chi connectivity index (χ4n) is 2.30. The van der Waals surface area contributed by atoms with E-state index in [9.17, 15) is 4.39 Å². The number of benzene rings is 2. The maximum atomic E-state index is 13.3. The van der Waals surface area contributed by atoms with E-state index in [0.717, 1.165) is 39.0 Å². The third-order valence-corrected chi connectivity index (χ3v) is 4.37. The van der Waals surface area contributed by atoms with Gasteiger partial charge >= 0.3 is 0 Å². The van der Waals surface area contributed by atoms with E-state index in [4.69, 9.17) is 4.74 Å². The Morgan fingerprint density at radius 3 is 2.90 bits per heavy atom. The Morgan fingerprint density at radius 1 is 1.20 bits per heavy atom. The SMILES string of the molecule is Fc1ccc(Br)c(NCc2cc(Br)cc3c2OCC3)c1. The van der Waals surface area contributed by atoms with Crippen LogP contribution in [0.5, 0.6) is 5.75 Å². The van der Waals surface area contributed by atoms with Crippen molar-refractivity contribution in [3.63, 3.8) is 0 Å². The Bertz CT molecular complexity index is 661. The second-order valence-electron chi connectivity index (χ2n) is 4.63. The number of nitrogens with one attached hydrogen (secondary N) is 1. The first-order valence-electron chi connectivity index (χ1n) is 6.26. The van der Waals surface area contributed by atoms with Crippen LogP contribution < -0.4 is 10.1 Å². The molecule has 3 rings (SSSR count). The van der Waals surface area contributed by atoms with E-state index >= 15 is 0 Å². The summed E-state index contributed by atoms with van der Waals surface area (Å²) in [5, 5.41) is 3.24. The van der Waals surface area contributed by atoms with Gasteiger partial charge in [-0.25, -0.2) is 4.39 Å². The van der Waals surface area contributed by atoms with Crippen LogP contribution in [0.1, 0.15) is 11.1 Å². The number of halogens is 3. The molecule has 0 amide bonds. The quantitative estimate of drug-likeness (QED) is 0.791. The molecule has 0 saturated heterocycles. The van der Waals surface area contributed by atoms with Gasteiger partial charge in [-0.05, 0) is 51.8 Å². The second-order valence-corrected chi connectivity index (χ2v) is 6.40. The van der Waals surface area contributed by atoms with Gasteiger partial charge in [0.2, 0.25) is 0 Å². The molecular formula is C15H12Br2FNO. The third kappa shape index (κ3) is 2.83. The molecule has 2 nitrogen and oxygen atoms in total. The molecule has 0 saturated carbocycles. The van der Waals surface area contributed by atoms with E-state index in [-0.39, 0.29) is 5.82 Å². The maximum absolute atomic E-state index is 13.3. The summed E-state index contributed by atoms with van der Waals surface area (Å²) in [5.41, 5.74) is 3.02. The fourth-order valence-corrected chi connectivity index (χ4v) is 3.24. The minimum absolute atomic E-state index is 0.258. The molecule has 1 aliphatic heterocycles. The lowest BCUT2D eigenvalue weighted by Gasteiger charge is -2.12. The largest absolute Gasteiger partial charge is 0.493 e. The Balaban J connectivity index is 1.84. The highest BCUT2D eigenvalue weighted by Gasteiger charge is 2.17. The molecule has 0 aromatic heterocycles. The molecule has 0 spiro atoms. The van der Waals surface area contributed by atoms with Gasteiger partial charge in [-0.1, -0.05) is 15.9 Å². The minimum Gasteiger partial charge on any atom is -0.493 e. The van der Waals surface area contributed by atoms with E-state index in [1.165, 1.54) is 17.7 Å². The van der Waals surface area contributed by atoms with E-state index in [1.807, 2.05) is 6.07 Å². The average Bonchev–Trinajstić information content (AvgIpc) is 2.87. The van der Waals surface area contributed by atoms with Crippen LogP contribution in [0.3, 0.4) is 0 Å². The van der Waals surface area contributed by atoms with Crippen molar-refractivity contribution in [1.82, 2.24) is 0 Å². The molecule has 0 aliphatic carbocycles. The van der Waals surface area contributed by atoms with Crippen molar-refractivity contribution < 1.29 is 9.13 Å². The first-order chi connectivity index (χ1) is 9.63. The molecule has 0 fully saturated rings. The van der Waals surface area contributed by atoms with Crippen molar-refractivity contribution in [2.75, 3.05) is 11.9 Å². The van der Waals surface area contributed by atoms with E-state index in [2.05, 4.69) is 43.2 Å². The predicted molar refractivity (Wildman–Crippen MR) is 84.8 cm³/mol. The Hall–Kier alpha value is -1.07. The Labute approximate surface area is 133 Å². The summed E-state index contributed by atoms with van der Waals surface area (Å²) in [7, 11) is 0. The van der Waals surface area contributed by atoms with Crippen LogP contribution in [-0.4, -0.2) is 6.61 Å². The molecule has 5 heteroatoms. The Morgan fingerprint density at radius 2 is 2.05 bits per heavy atom. The summed E-state index contributed by atoms with van der Waals surface area (Å²) in [4.78, 5) is 0. The lowest BCUT2D eigenvalue weighted by atomic mass is 10.1. The topological polar surface area (TPSA) is 21.3 Å². The molecule has 2 aromatic carbocycles. The van der Waals surface area contributed by atoms with Crippen LogP contribution in [0.2, 0.25) is 0 Å². The number of hydrogen-bond donors (Lipinski definition) is 1. The molecular weight excluding hydrogens is 389 g/mol. The normalized spacial score (nSPS) is 12.9. The molecule has 0 atom stereocenters. The van der Waals surface area contributed by atoms with Crippen LogP contribution in [0.25, 0.3) is 0 Å². The summed E-state index contributed by atoms with van der Waals surface area (Å²) in [6.07, 6.45) is 0.936. The van der Waals surface area contributed by atoms with Crippen molar-refractivity contribution in [2.24, 2.45) is 0 Å². The number of hydrogen-bond acceptors (Lipinski definition) is 2. The highest BCUT2D eigenvalue weighted by Crippen LogP contribution is 2.34. The first-order valence-corrected chi connectivity index (χ1v) is 7.85. The van der Waals surface area contributed by atoms with E-state index in [0.29, 0.717) is 6.54 Å². The molecule has 104 valence electrons. The summed E-state index contributed by atoms with van der Waals surface area (Å²) in [6, 6.07) is 8.71. The number of fused-ring (bicyclic) bond motifs is 1. The van der Waals surface area contributed by atoms with Gasteiger partial charge in [0.15, 0.2) is 0 Å². The van der Waals surface area contributed by atoms with Gasteiger partial charge < -0.3 is 10.1 Å². The van der Waals surface area contributed by atoms with Gasteiger partial charge in [-0.15, -0.1) is 0 Å². The molecule has 0 radical (unpaired) electrons. The Kier molecular flexibility index (Phi) is 3.98. The monoisotopic (exact) mass is 399 g/mol. The predicted octanol–water partition coefficient (Wildman–Crippen LogP) is 4.90. The third-order valence-electron chi connectivity index (χ3n) is 3.22. The summed E-state index contributed by atoms with van der Waals surface area (Å²) < 4.78 is 20.8. The van der Waals surface area contributed by atoms with E-state index < -0.39 is 0 Å². The zero-order valence-corrected chi connectivity index (χ0v) is 13.7. The van der Waals surface area contributed by atoms with Crippen molar-refractivity contribution in [1.29, 1.82) is 0 Å². The zero-order valence-electron chi connectivity index (χ0n) is 10.6. The standard InChI is InChI=1S/C15H12Br2FNO/c16-11-5-9-3-4-20-15(9)10(6-11)8-19-14-7-12(18)1-2-13(14)17/h1-2,5-7,19H,3-4,8H2. The molecule has 0 bridgehead atoms. The van der Waals surface area contributed by atoms with Crippen LogP contribution in [0.4, 0.5) is 10.1 Å². The summed E-state index contributed by atoms with van der Waals surface area (Å²) in [6.45, 7) is 1.31. The van der Waals surface area contributed by atoms with Crippen LogP contribution in [-0.2, 0) is 13.0 Å². The number of ether oxygens (including phenoxy) is 1. The molecule has 0 unspecified atom stereocenters. The van der Waals surface area contributed by atoms with Crippen LogP contribution >= 0.6 is 31.9 Å². The lowest BCUT2D eigenvalue weighted by Crippen LogP contribution is -2.02.